The fourth-order valence-corrected chi connectivity index (χ4v) is 1.77. The van der Waals surface area contributed by atoms with E-state index in [0.29, 0.717) is 11.6 Å². The van der Waals surface area contributed by atoms with Gasteiger partial charge in [0, 0.05) is 25.3 Å². The lowest BCUT2D eigenvalue weighted by Gasteiger charge is -2.18. The second-order valence-corrected chi connectivity index (χ2v) is 4.18. The topological polar surface area (TPSA) is 24.5 Å². The Labute approximate surface area is 109 Å². The molecule has 1 rings (SSSR count). The smallest absolute Gasteiger partial charge is 0.140 e. The van der Waals surface area contributed by atoms with Crippen LogP contribution in [0.5, 0.6) is 5.75 Å². The minimum atomic E-state index is 0.656. The number of likely N-dealkylation sites (N-methyl/N-ethyl adjacent to an activating group) is 1. The van der Waals surface area contributed by atoms with Crippen molar-refractivity contribution in [2.24, 2.45) is 0 Å². The van der Waals surface area contributed by atoms with Crippen molar-refractivity contribution in [3.63, 3.8) is 0 Å². The maximum absolute atomic E-state index is 6.07. The Morgan fingerprint density at radius 2 is 2.00 bits per heavy atom. The van der Waals surface area contributed by atoms with Gasteiger partial charge in [0.1, 0.15) is 12.4 Å². The molecule has 0 radical (unpaired) electrons. The van der Waals surface area contributed by atoms with E-state index in [1.54, 1.807) is 0 Å². The number of nitrogens with one attached hydrogen (secondary N) is 1. The van der Waals surface area contributed by atoms with E-state index in [0.717, 1.165) is 31.1 Å². The average molecular weight is 257 g/mol. The van der Waals surface area contributed by atoms with Gasteiger partial charge in [0.25, 0.3) is 0 Å². The van der Waals surface area contributed by atoms with Gasteiger partial charge in [0.05, 0.1) is 5.02 Å². The van der Waals surface area contributed by atoms with Crippen LogP contribution in [0.3, 0.4) is 0 Å². The molecule has 0 atom stereocenters. The highest BCUT2D eigenvalue weighted by Gasteiger charge is 2.04. The molecule has 0 spiro atoms. The minimum Gasteiger partial charge on any atom is -0.491 e. The normalized spacial score (nSPS) is 10.6. The maximum atomic E-state index is 6.07. The van der Waals surface area contributed by atoms with Crippen LogP contribution in [-0.2, 0) is 0 Å². The molecule has 0 saturated heterocycles. The van der Waals surface area contributed by atoms with Crippen molar-refractivity contribution < 1.29 is 4.74 Å². The number of nitrogens with zero attached hydrogens (tertiary/aromatic N) is 1. The van der Waals surface area contributed by atoms with E-state index in [2.05, 4.69) is 24.1 Å². The SMILES string of the molecule is CCN(CC)CCOc1cc(NC)ccc1Cl. The summed E-state index contributed by atoms with van der Waals surface area (Å²) in [4.78, 5) is 2.32. The van der Waals surface area contributed by atoms with Gasteiger partial charge in [-0.3, -0.25) is 0 Å². The lowest BCUT2D eigenvalue weighted by molar-refractivity contribution is 0.223. The van der Waals surface area contributed by atoms with E-state index in [9.17, 15) is 0 Å². The molecule has 0 bridgehead atoms. The van der Waals surface area contributed by atoms with Crippen LogP contribution >= 0.6 is 11.6 Å². The van der Waals surface area contributed by atoms with Gasteiger partial charge < -0.3 is 15.0 Å². The molecule has 0 unspecified atom stereocenters. The van der Waals surface area contributed by atoms with Crippen molar-refractivity contribution in [2.75, 3.05) is 38.6 Å². The van der Waals surface area contributed by atoms with Gasteiger partial charge in [-0.15, -0.1) is 0 Å². The molecule has 0 heterocycles. The van der Waals surface area contributed by atoms with Gasteiger partial charge in [0.2, 0.25) is 0 Å². The van der Waals surface area contributed by atoms with Gasteiger partial charge in [-0.05, 0) is 25.2 Å². The molecule has 0 saturated carbocycles. The van der Waals surface area contributed by atoms with Crippen LogP contribution in [0, 0.1) is 0 Å². The molecule has 1 N–H and O–H groups in total. The Balaban J connectivity index is 2.50. The van der Waals surface area contributed by atoms with Gasteiger partial charge in [-0.25, -0.2) is 0 Å². The zero-order valence-corrected chi connectivity index (χ0v) is 11.5. The molecule has 0 aliphatic heterocycles. The van der Waals surface area contributed by atoms with Crippen molar-refractivity contribution in [2.45, 2.75) is 13.8 Å². The third-order valence-electron chi connectivity index (χ3n) is 2.78. The zero-order valence-electron chi connectivity index (χ0n) is 10.8. The molecule has 3 nitrogen and oxygen atoms in total. The van der Waals surface area contributed by atoms with Crippen molar-refractivity contribution in [3.05, 3.63) is 23.2 Å². The third-order valence-corrected chi connectivity index (χ3v) is 3.09. The second-order valence-electron chi connectivity index (χ2n) is 3.77. The van der Waals surface area contributed by atoms with Gasteiger partial charge in [0.15, 0.2) is 0 Å². The number of halogens is 1. The summed E-state index contributed by atoms with van der Waals surface area (Å²) in [5, 5.41) is 3.72. The van der Waals surface area contributed by atoms with Gasteiger partial charge in [-0.1, -0.05) is 25.4 Å². The zero-order chi connectivity index (χ0) is 12.7. The van der Waals surface area contributed by atoms with Gasteiger partial charge in [-0.2, -0.15) is 0 Å². The number of benzene rings is 1. The van der Waals surface area contributed by atoms with E-state index < -0.39 is 0 Å². The Morgan fingerprint density at radius 3 is 2.59 bits per heavy atom. The van der Waals surface area contributed by atoms with Crippen LogP contribution in [0.1, 0.15) is 13.8 Å². The van der Waals surface area contributed by atoms with E-state index in [-0.39, 0.29) is 0 Å². The van der Waals surface area contributed by atoms with Crippen LogP contribution in [-0.4, -0.2) is 38.2 Å². The fourth-order valence-electron chi connectivity index (χ4n) is 1.59. The molecule has 4 heteroatoms. The molecule has 0 aliphatic carbocycles. The highest BCUT2D eigenvalue weighted by molar-refractivity contribution is 6.32. The number of ether oxygens (including phenoxy) is 1. The van der Waals surface area contributed by atoms with Crippen molar-refractivity contribution >= 4 is 17.3 Å². The molecule has 0 amide bonds. The highest BCUT2D eigenvalue weighted by Crippen LogP contribution is 2.27. The summed E-state index contributed by atoms with van der Waals surface area (Å²) in [5.41, 5.74) is 1.01. The number of rotatable bonds is 7. The van der Waals surface area contributed by atoms with Crippen LogP contribution < -0.4 is 10.1 Å². The van der Waals surface area contributed by atoms with Crippen LogP contribution in [0.4, 0.5) is 5.69 Å². The Morgan fingerprint density at radius 1 is 1.29 bits per heavy atom. The Hall–Kier alpha value is -0.930. The Bertz CT molecular complexity index is 340. The quantitative estimate of drug-likeness (QED) is 0.811. The number of hydrogen-bond acceptors (Lipinski definition) is 3. The molecule has 17 heavy (non-hydrogen) atoms. The summed E-state index contributed by atoms with van der Waals surface area (Å²) in [6.45, 7) is 7.98. The summed E-state index contributed by atoms with van der Waals surface area (Å²) in [6, 6.07) is 5.70. The molecule has 0 aliphatic rings. The van der Waals surface area contributed by atoms with Crippen molar-refractivity contribution in [1.29, 1.82) is 0 Å². The van der Waals surface area contributed by atoms with Crippen molar-refractivity contribution in [3.8, 4) is 5.75 Å². The summed E-state index contributed by atoms with van der Waals surface area (Å²) < 4.78 is 5.70. The second kappa shape index (κ2) is 7.41. The number of anilines is 1. The lowest BCUT2D eigenvalue weighted by Crippen LogP contribution is -2.27. The number of hydrogen-bond donors (Lipinski definition) is 1. The van der Waals surface area contributed by atoms with E-state index in [1.165, 1.54) is 0 Å². The first-order valence-corrected chi connectivity index (χ1v) is 6.41. The van der Waals surface area contributed by atoms with E-state index in [4.69, 9.17) is 16.3 Å². The summed E-state index contributed by atoms with van der Waals surface area (Å²) in [7, 11) is 1.88. The Kier molecular flexibility index (Phi) is 6.16. The van der Waals surface area contributed by atoms with Crippen LogP contribution in [0.15, 0.2) is 18.2 Å². The van der Waals surface area contributed by atoms with Crippen LogP contribution in [0.25, 0.3) is 0 Å². The largest absolute Gasteiger partial charge is 0.491 e. The fraction of sp³-hybridized carbons (Fsp3) is 0.538. The van der Waals surface area contributed by atoms with E-state index >= 15 is 0 Å². The molecule has 1 aromatic rings. The predicted molar refractivity (Wildman–Crippen MR) is 74.3 cm³/mol. The predicted octanol–water partition coefficient (Wildman–Crippen LogP) is 3.10. The highest BCUT2D eigenvalue weighted by atomic mass is 35.5. The van der Waals surface area contributed by atoms with Gasteiger partial charge >= 0.3 is 0 Å². The minimum absolute atomic E-state index is 0.656. The standard InChI is InChI=1S/C13H21ClN2O/c1-4-16(5-2)8-9-17-13-10-11(15-3)6-7-12(13)14/h6-7,10,15H,4-5,8-9H2,1-3H3. The molecule has 96 valence electrons. The molecular weight excluding hydrogens is 236 g/mol. The first-order chi connectivity index (χ1) is 8.21. The lowest BCUT2D eigenvalue weighted by atomic mass is 10.3. The average Bonchev–Trinajstić information content (AvgIpc) is 2.36. The van der Waals surface area contributed by atoms with Crippen molar-refractivity contribution in [1.82, 2.24) is 4.90 Å². The monoisotopic (exact) mass is 256 g/mol. The molecule has 0 fully saturated rings. The summed E-state index contributed by atoms with van der Waals surface area (Å²) in [6.07, 6.45) is 0. The molecular formula is C13H21ClN2O. The van der Waals surface area contributed by atoms with E-state index in [1.807, 2.05) is 25.2 Å². The summed E-state index contributed by atoms with van der Waals surface area (Å²) >= 11 is 6.07. The first-order valence-electron chi connectivity index (χ1n) is 6.03. The first kappa shape index (κ1) is 14.1. The van der Waals surface area contributed by atoms with Crippen LogP contribution in [0.2, 0.25) is 5.02 Å². The molecule has 0 aromatic heterocycles. The molecule has 1 aromatic carbocycles. The maximum Gasteiger partial charge on any atom is 0.140 e. The third kappa shape index (κ3) is 4.44. The summed E-state index contributed by atoms with van der Waals surface area (Å²) in [5.74, 6) is 0.741.